The normalized spacial score (nSPS) is 16.4. The number of hydrogen-bond acceptors (Lipinski definition) is 3. The Hall–Kier alpha value is -1.35. The second-order valence-corrected chi connectivity index (χ2v) is 5.45. The van der Waals surface area contributed by atoms with Crippen molar-refractivity contribution in [2.24, 2.45) is 0 Å². The minimum atomic E-state index is -0.367. The van der Waals surface area contributed by atoms with E-state index in [4.69, 9.17) is 4.74 Å². The number of nitrogens with one attached hydrogen (secondary N) is 1. The van der Waals surface area contributed by atoms with Crippen LogP contribution in [0.2, 0.25) is 0 Å². The Morgan fingerprint density at radius 2 is 1.95 bits per heavy atom. The second-order valence-electron chi connectivity index (χ2n) is 5.45. The van der Waals surface area contributed by atoms with E-state index in [0.29, 0.717) is 6.61 Å². The molecule has 0 aromatic heterocycles. The lowest BCUT2D eigenvalue weighted by Crippen LogP contribution is -2.34. The standard InChI is InChI=1S/C16H23NO2/c1-4-19-16(18)15(17-11(2)3)14-9-7-13(8-10-14)12-5-6-12/h7-12,15,17H,4-6H2,1-3H3. The SMILES string of the molecule is CCOC(=O)C(NC(C)C)c1ccc(C2CC2)cc1. The third-order valence-corrected chi connectivity index (χ3v) is 3.34. The summed E-state index contributed by atoms with van der Waals surface area (Å²) in [5.41, 5.74) is 2.37. The van der Waals surface area contributed by atoms with Crippen LogP contribution in [0.15, 0.2) is 24.3 Å². The molecule has 0 spiro atoms. The fourth-order valence-corrected chi connectivity index (χ4v) is 2.24. The molecular formula is C16H23NO2. The highest BCUT2D eigenvalue weighted by Crippen LogP contribution is 2.40. The number of benzene rings is 1. The molecule has 104 valence electrons. The van der Waals surface area contributed by atoms with Crippen LogP contribution >= 0.6 is 0 Å². The highest BCUT2D eigenvalue weighted by Gasteiger charge is 2.25. The van der Waals surface area contributed by atoms with Gasteiger partial charge < -0.3 is 4.74 Å². The lowest BCUT2D eigenvalue weighted by molar-refractivity contribution is -0.146. The quantitative estimate of drug-likeness (QED) is 0.799. The first-order chi connectivity index (χ1) is 9.11. The van der Waals surface area contributed by atoms with Crippen LogP contribution in [0.3, 0.4) is 0 Å². The zero-order valence-electron chi connectivity index (χ0n) is 12.0. The van der Waals surface area contributed by atoms with Crippen LogP contribution in [-0.4, -0.2) is 18.6 Å². The Kier molecular flexibility index (Phi) is 4.59. The topological polar surface area (TPSA) is 38.3 Å². The van der Waals surface area contributed by atoms with Crippen molar-refractivity contribution in [3.63, 3.8) is 0 Å². The average Bonchev–Trinajstić information content (AvgIpc) is 3.20. The van der Waals surface area contributed by atoms with Gasteiger partial charge in [0.15, 0.2) is 0 Å². The summed E-state index contributed by atoms with van der Waals surface area (Å²) in [5, 5.41) is 3.27. The molecule has 1 aromatic rings. The molecule has 1 aliphatic rings. The van der Waals surface area contributed by atoms with Crippen LogP contribution in [0.5, 0.6) is 0 Å². The van der Waals surface area contributed by atoms with Gasteiger partial charge in [0.05, 0.1) is 6.61 Å². The Balaban J connectivity index is 2.13. The molecule has 0 amide bonds. The van der Waals surface area contributed by atoms with Gasteiger partial charge in [-0.25, -0.2) is 4.79 Å². The van der Waals surface area contributed by atoms with E-state index in [1.807, 2.05) is 32.9 Å². The van der Waals surface area contributed by atoms with Crippen molar-refractivity contribution in [2.75, 3.05) is 6.61 Å². The van der Waals surface area contributed by atoms with E-state index < -0.39 is 0 Å². The van der Waals surface area contributed by atoms with E-state index in [-0.39, 0.29) is 18.1 Å². The molecule has 1 atom stereocenters. The van der Waals surface area contributed by atoms with Crippen molar-refractivity contribution in [3.05, 3.63) is 35.4 Å². The van der Waals surface area contributed by atoms with Crippen molar-refractivity contribution in [1.29, 1.82) is 0 Å². The number of rotatable bonds is 6. The molecule has 1 aliphatic carbocycles. The van der Waals surface area contributed by atoms with E-state index in [0.717, 1.165) is 11.5 Å². The van der Waals surface area contributed by atoms with Gasteiger partial charge in [-0.1, -0.05) is 24.3 Å². The molecule has 1 N–H and O–H groups in total. The largest absolute Gasteiger partial charge is 0.465 e. The molecule has 1 fully saturated rings. The maximum atomic E-state index is 12.0. The molecule has 0 saturated heterocycles. The van der Waals surface area contributed by atoms with Crippen molar-refractivity contribution in [3.8, 4) is 0 Å². The van der Waals surface area contributed by atoms with Gasteiger partial charge in [-0.15, -0.1) is 0 Å². The van der Waals surface area contributed by atoms with Crippen LogP contribution in [0.4, 0.5) is 0 Å². The molecule has 19 heavy (non-hydrogen) atoms. The van der Waals surface area contributed by atoms with E-state index in [9.17, 15) is 4.79 Å². The molecule has 1 saturated carbocycles. The van der Waals surface area contributed by atoms with Crippen LogP contribution in [0, 0.1) is 0 Å². The molecule has 0 radical (unpaired) electrons. The monoisotopic (exact) mass is 261 g/mol. The molecule has 3 heteroatoms. The van der Waals surface area contributed by atoms with Gasteiger partial charge in [0.2, 0.25) is 0 Å². The molecule has 0 aliphatic heterocycles. The van der Waals surface area contributed by atoms with Crippen molar-refractivity contribution in [2.45, 2.75) is 51.6 Å². The van der Waals surface area contributed by atoms with Crippen LogP contribution < -0.4 is 5.32 Å². The van der Waals surface area contributed by atoms with E-state index in [2.05, 4.69) is 17.4 Å². The first-order valence-electron chi connectivity index (χ1n) is 7.14. The van der Waals surface area contributed by atoms with Crippen molar-refractivity contribution in [1.82, 2.24) is 5.32 Å². The predicted molar refractivity (Wildman–Crippen MR) is 76.1 cm³/mol. The van der Waals surface area contributed by atoms with E-state index >= 15 is 0 Å². The molecule has 1 aromatic carbocycles. The summed E-state index contributed by atoms with van der Waals surface area (Å²) in [7, 11) is 0. The maximum Gasteiger partial charge on any atom is 0.327 e. The first kappa shape index (κ1) is 14.1. The number of ether oxygens (including phenoxy) is 1. The van der Waals surface area contributed by atoms with Crippen molar-refractivity contribution < 1.29 is 9.53 Å². The van der Waals surface area contributed by atoms with Gasteiger partial charge in [-0.2, -0.15) is 0 Å². The van der Waals surface area contributed by atoms with Crippen LogP contribution in [0.1, 0.15) is 56.7 Å². The average molecular weight is 261 g/mol. The summed E-state index contributed by atoms with van der Waals surface area (Å²) in [4.78, 5) is 12.0. The van der Waals surface area contributed by atoms with Gasteiger partial charge >= 0.3 is 5.97 Å². The zero-order chi connectivity index (χ0) is 13.8. The minimum Gasteiger partial charge on any atom is -0.465 e. The molecule has 0 heterocycles. The molecular weight excluding hydrogens is 238 g/mol. The third kappa shape index (κ3) is 3.80. The Bertz CT molecular complexity index is 421. The molecule has 2 rings (SSSR count). The van der Waals surface area contributed by atoms with Crippen LogP contribution in [0.25, 0.3) is 0 Å². The molecule has 0 bridgehead atoms. The zero-order valence-corrected chi connectivity index (χ0v) is 12.0. The second kappa shape index (κ2) is 6.20. The van der Waals surface area contributed by atoms with Gasteiger partial charge in [0.25, 0.3) is 0 Å². The highest BCUT2D eigenvalue weighted by atomic mass is 16.5. The number of hydrogen-bond donors (Lipinski definition) is 1. The summed E-state index contributed by atoms with van der Waals surface area (Å²) in [6.45, 7) is 6.31. The fraction of sp³-hybridized carbons (Fsp3) is 0.562. The summed E-state index contributed by atoms with van der Waals surface area (Å²) in [5.74, 6) is 0.545. The summed E-state index contributed by atoms with van der Waals surface area (Å²) in [6.07, 6.45) is 2.59. The lowest BCUT2D eigenvalue weighted by atomic mass is 10.0. The molecule has 3 nitrogen and oxygen atoms in total. The van der Waals surface area contributed by atoms with Gasteiger partial charge in [0, 0.05) is 6.04 Å². The number of carbonyl (C=O) groups is 1. The van der Waals surface area contributed by atoms with E-state index in [1.54, 1.807) is 0 Å². The molecule has 1 unspecified atom stereocenters. The Morgan fingerprint density at radius 3 is 2.42 bits per heavy atom. The van der Waals surface area contributed by atoms with E-state index in [1.165, 1.54) is 18.4 Å². The Labute approximate surface area is 115 Å². The van der Waals surface area contributed by atoms with Gasteiger partial charge in [-0.05, 0) is 50.7 Å². The fourth-order valence-electron chi connectivity index (χ4n) is 2.24. The van der Waals surface area contributed by atoms with Crippen molar-refractivity contribution >= 4 is 5.97 Å². The highest BCUT2D eigenvalue weighted by molar-refractivity contribution is 5.77. The van der Waals surface area contributed by atoms with Gasteiger partial charge in [-0.3, -0.25) is 5.32 Å². The minimum absolute atomic E-state index is 0.199. The Morgan fingerprint density at radius 1 is 1.32 bits per heavy atom. The lowest BCUT2D eigenvalue weighted by Gasteiger charge is -2.20. The predicted octanol–water partition coefficient (Wildman–Crippen LogP) is 3.17. The first-order valence-corrected chi connectivity index (χ1v) is 7.14. The third-order valence-electron chi connectivity index (χ3n) is 3.34. The number of esters is 1. The maximum absolute atomic E-state index is 12.0. The summed E-state index contributed by atoms with van der Waals surface area (Å²) in [6, 6.07) is 8.24. The van der Waals surface area contributed by atoms with Crippen LogP contribution in [-0.2, 0) is 9.53 Å². The number of carbonyl (C=O) groups excluding carboxylic acids is 1. The summed E-state index contributed by atoms with van der Waals surface area (Å²) >= 11 is 0. The van der Waals surface area contributed by atoms with Gasteiger partial charge in [0.1, 0.15) is 6.04 Å². The summed E-state index contributed by atoms with van der Waals surface area (Å²) < 4.78 is 5.15. The smallest absolute Gasteiger partial charge is 0.327 e.